The van der Waals surface area contributed by atoms with E-state index in [4.69, 9.17) is 0 Å². The highest BCUT2D eigenvalue weighted by Gasteiger charge is 2.39. The zero-order valence-corrected chi connectivity index (χ0v) is 14.7. The van der Waals surface area contributed by atoms with E-state index in [1.165, 1.54) is 13.0 Å². The Bertz CT molecular complexity index is 948. The van der Waals surface area contributed by atoms with Crippen LogP contribution in [0.25, 0.3) is 10.9 Å². The second-order valence-corrected chi connectivity index (χ2v) is 8.44. The van der Waals surface area contributed by atoms with E-state index in [1.807, 2.05) is 0 Å². The fourth-order valence-electron chi connectivity index (χ4n) is 2.73. The molecule has 0 saturated heterocycles. The number of hydrogen-bond donors (Lipinski definition) is 2. The molecule has 0 bridgehead atoms. The third-order valence-corrected chi connectivity index (χ3v) is 5.87. The summed E-state index contributed by atoms with van der Waals surface area (Å²) in [7, 11) is -3.59. The third-order valence-electron chi connectivity index (χ3n) is 3.84. The first-order valence-corrected chi connectivity index (χ1v) is 9.40. The quantitative estimate of drug-likeness (QED) is 0.577. The van der Waals surface area contributed by atoms with Gasteiger partial charge in [-0.1, -0.05) is 6.92 Å². The van der Waals surface area contributed by atoms with Gasteiger partial charge in [0.2, 0.25) is 0 Å². The predicted molar refractivity (Wildman–Crippen MR) is 88.5 cm³/mol. The van der Waals surface area contributed by atoms with Gasteiger partial charge in [0.1, 0.15) is 11.2 Å². The summed E-state index contributed by atoms with van der Waals surface area (Å²) in [6.45, 7) is 2.87. The van der Waals surface area contributed by atoms with Crippen molar-refractivity contribution in [3.8, 4) is 0 Å². The first-order chi connectivity index (χ1) is 11.8. The van der Waals surface area contributed by atoms with E-state index in [9.17, 15) is 36.8 Å². The van der Waals surface area contributed by atoms with Crippen molar-refractivity contribution >= 4 is 26.4 Å². The van der Waals surface area contributed by atoms with Crippen molar-refractivity contribution in [1.82, 2.24) is 4.98 Å². The SMILES string of the molecule is CCCS(=O)(=O)CC(C)(O)c1cc2cc([N+](=O)[O-])c(C(F)(F)F)cc2[nH]1. The fourth-order valence-corrected chi connectivity index (χ4v) is 4.50. The van der Waals surface area contributed by atoms with Crippen molar-refractivity contribution in [2.75, 3.05) is 11.5 Å². The van der Waals surface area contributed by atoms with Crippen molar-refractivity contribution in [1.29, 1.82) is 0 Å². The number of alkyl halides is 3. The highest BCUT2D eigenvalue weighted by atomic mass is 32.2. The van der Waals surface area contributed by atoms with Crippen LogP contribution < -0.4 is 0 Å². The van der Waals surface area contributed by atoms with Gasteiger partial charge in [0.05, 0.1) is 16.4 Å². The third kappa shape index (κ3) is 4.15. The lowest BCUT2D eigenvalue weighted by atomic mass is 10.1. The summed E-state index contributed by atoms with van der Waals surface area (Å²) in [5.74, 6) is -0.776. The fraction of sp³-hybridized carbons (Fsp3) is 0.467. The zero-order chi connectivity index (χ0) is 19.9. The molecule has 1 heterocycles. The maximum absolute atomic E-state index is 13.0. The minimum Gasteiger partial charge on any atom is -0.383 e. The number of hydrogen-bond acceptors (Lipinski definition) is 5. The van der Waals surface area contributed by atoms with Gasteiger partial charge in [-0.15, -0.1) is 0 Å². The Kier molecular flexibility index (Phi) is 5.08. The van der Waals surface area contributed by atoms with E-state index < -0.39 is 43.5 Å². The molecule has 0 radical (unpaired) electrons. The number of nitrogens with zero attached hydrogens (tertiary/aromatic N) is 1. The summed E-state index contributed by atoms with van der Waals surface area (Å²) in [4.78, 5) is 12.3. The van der Waals surface area contributed by atoms with Gasteiger partial charge < -0.3 is 10.1 Å². The molecule has 7 nitrogen and oxygen atoms in total. The Morgan fingerprint density at radius 1 is 1.27 bits per heavy atom. The van der Waals surface area contributed by atoms with Crippen molar-refractivity contribution in [2.45, 2.75) is 32.0 Å². The number of halogens is 3. The average molecular weight is 394 g/mol. The lowest BCUT2D eigenvalue weighted by Crippen LogP contribution is -2.32. The highest BCUT2D eigenvalue weighted by molar-refractivity contribution is 7.91. The number of nitro benzene ring substituents is 1. The number of H-pyrrole nitrogens is 1. The topological polar surface area (TPSA) is 113 Å². The van der Waals surface area contributed by atoms with Gasteiger partial charge in [-0.05, 0) is 25.5 Å². The number of nitrogens with one attached hydrogen (secondary N) is 1. The van der Waals surface area contributed by atoms with E-state index >= 15 is 0 Å². The van der Waals surface area contributed by atoms with Crippen LogP contribution in [0.1, 0.15) is 31.5 Å². The van der Waals surface area contributed by atoms with Gasteiger partial charge >= 0.3 is 6.18 Å². The largest absolute Gasteiger partial charge is 0.423 e. The van der Waals surface area contributed by atoms with E-state index in [0.717, 1.165) is 6.07 Å². The van der Waals surface area contributed by atoms with E-state index in [-0.39, 0.29) is 22.3 Å². The normalized spacial score (nSPS) is 15.2. The molecule has 0 spiro atoms. The second-order valence-electron chi connectivity index (χ2n) is 6.26. The average Bonchev–Trinajstić information content (AvgIpc) is 2.87. The molecular formula is C15H17F3N2O5S. The Morgan fingerprint density at radius 2 is 1.88 bits per heavy atom. The number of rotatable bonds is 6. The summed E-state index contributed by atoms with van der Waals surface area (Å²) in [5, 5.41) is 21.5. The maximum atomic E-state index is 13.0. The molecule has 2 aromatic rings. The van der Waals surface area contributed by atoms with Gasteiger partial charge in [0.25, 0.3) is 5.69 Å². The summed E-state index contributed by atoms with van der Waals surface area (Å²) >= 11 is 0. The molecule has 0 aliphatic heterocycles. The summed E-state index contributed by atoms with van der Waals surface area (Å²) in [5.41, 5.74) is -4.57. The molecule has 144 valence electrons. The molecule has 2 rings (SSSR count). The van der Waals surface area contributed by atoms with Crippen LogP contribution in [0.4, 0.5) is 18.9 Å². The van der Waals surface area contributed by atoms with Crippen LogP contribution in [-0.2, 0) is 21.6 Å². The molecule has 1 aromatic heterocycles. The number of nitro groups is 1. The van der Waals surface area contributed by atoms with Crippen molar-refractivity contribution in [3.63, 3.8) is 0 Å². The van der Waals surface area contributed by atoms with E-state index in [2.05, 4.69) is 4.98 Å². The van der Waals surface area contributed by atoms with Gasteiger partial charge in [-0.3, -0.25) is 10.1 Å². The molecule has 0 aliphatic carbocycles. The number of aliphatic hydroxyl groups is 1. The molecule has 1 unspecified atom stereocenters. The van der Waals surface area contributed by atoms with E-state index in [0.29, 0.717) is 12.5 Å². The van der Waals surface area contributed by atoms with Gasteiger partial charge in [-0.25, -0.2) is 8.42 Å². The second kappa shape index (κ2) is 6.54. The molecule has 0 saturated carbocycles. The number of fused-ring (bicyclic) bond motifs is 1. The zero-order valence-electron chi connectivity index (χ0n) is 13.9. The number of benzene rings is 1. The molecule has 11 heteroatoms. The molecule has 0 fully saturated rings. The van der Waals surface area contributed by atoms with Crippen LogP contribution in [0.3, 0.4) is 0 Å². The minimum absolute atomic E-state index is 0.0409. The molecular weight excluding hydrogens is 377 g/mol. The first-order valence-electron chi connectivity index (χ1n) is 7.58. The van der Waals surface area contributed by atoms with Crippen LogP contribution in [0.5, 0.6) is 0 Å². The molecule has 2 N–H and O–H groups in total. The van der Waals surface area contributed by atoms with Crippen molar-refractivity contribution < 1.29 is 31.6 Å². The maximum Gasteiger partial charge on any atom is 0.423 e. The highest BCUT2D eigenvalue weighted by Crippen LogP contribution is 2.39. The van der Waals surface area contributed by atoms with E-state index in [1.54, 1.807) is 6.92 Å². The van der Waals surface area contributed by atoms with Crippen LogP contribution in [0.2, 0.25) is 0 Å². The van der Waals surface area contributed by atoms with Crippen LogP contribution in [0.15, 0.2) is 18.2 Å². The van der Waals surface area contributed by atoms with Crippen molar-refractivity contribution in [3.05, 3.63) is 39.6 Å². The minimum atomic E-state index is -4.94. The number of aromatic nitrogens is 1. The molecule has 26 heavy (non-hydrogen) atoms. The Hall–Kier alpha value is -2.14. The number of sulfone groups is 1. The molecule has 0 aliphatic rings. The molecule has 1 atom stereocenters. The van der Waals surface area contributed by atoms with Crippen LogP contribution in [0, 0.1) is 10.1 Å². The lowest BCUT2D eigenvalue weighted by Gasteiger charge is -2.21. The van der Waals surface area contributed by atoms with Gasteiger partial charge in [0, 0.05) is 22.7 Å². The van der Waals surface area contributed by atoms with Crippen LogP contribution in [-0.4, -0.2) is 34.9 Å². The van der Waals surface area contributed by atoms with Crippen LogP contribution >= 0.6 is 0 Å². The Balaban J connectivity index is 2.57. The summed E-state index contributed by atoms with van der Waals surface area (Å²) in [6.07, 6.45) is -4.58. The first kappa shape index (κ1) is 20.2. The lowest BCUT2D eigenvalue weighted by molar-refractivity contribution is -0.387. The standard InChI is InChI=1S/C15H17F3N2O5S/c1-3-4-26(24,25)8-14(2,21)13-6-9-5-12(20(22)23)10(15(16,17)18)7-11(9)19-13/h5-7,19,21H,3-4,8H2,1-2H3. The smallest absolute Gasteiger partial charge is 0.383 e. The van der Waals surface area contributed by atoms with Crippen molar-refractivity contribution in [2.24, 2.45) is 0 Å². The predicted octanol–water partition coefficient (Wildman–Crippen LogP) is 3.13. The summed E-state index contributed by atoms with van der Waals surface area (Å²) < 4.78 is 63.0. The molecule has 1 aromatic carbocycles. The Labute approximate surface area is 146 Å². The van der Waals surface area contributed by atoms with Gasteiger partial charge in [-0.2, -0.15) is 13.2 Å². The summed E-state index contributed by atoms with van der Waals surface area (Å²) in [6, 6.07) is 2.53. The Morgan fingerprint density at radius 3 is 2.38 bits per heavy atom. The molecule has 0 amide bonds. The van der Waals surface area contributed by atoms with Gasteiger partial charge in [0.15, 0.2) is 9.84 Å². The number of aromatic amines is 1. The monoisotopic (exact) mass is 394 g/mol.